The van der Waals surface area contributed by atoms with Gasteiger partial charge in [-0.1, -0.05) is 6.07 Å². The molecule has 1 heterocycles. The highest BCUT2D eigenvalue weighted by molar-refractivity contribution is 7.19. The zero-order chi connectivity index (χ0) is 9.26. The number of hydrogen-bond donors (Lipinski definition) is 1. The smallest absolute Gasteiger partial charge is 0.195 e. The van der Waals surface area contributed by atoms with Crippen LogP contribution in [0, 0.1) is 11.3 Å². The van der Waals surface area contributed by atoms with Crippen molar-refractivity contribution in [1.29, 1.82) is 5.26 Å². The van der Waals surface area contributed by atoms with Crippen LogP contribution in [0.2, 0.25) is 0 Å². The van der Waals surface area contributed by atoms with Gasteiger partial charge in [-0.3, -0.25) is 0 Å². The lowest BCUT2D eigenvalue weighted by atomic mass is 10.2. The summed E-state index contributed by atoms with van der Waals surface area (Å²) in [5.41, 5.74) is 1.67. The number of thiazole rings is 1. The third-order valence-corrected chi connectivity index (χ3v) is 2.65. The number of aromatic nitrogens is 1. The van der Waals surface area contributed by atoms with Crippen molar-refractivity contribution in [3.05, 3.63) is 28.8 Å². The van der Waals surface area contributed by atoms with Crippen LogP contribution in [0.15, 0.2) is 18.2 Å². The molecule has 0 amide bonds. The van der Waals surface area contributed by atoms with Gasteiger partial charge in [0.15, 0.2) is 5.01 Å². The molecule has 1 aromatic carbocycles. The first-order chi connectivity index (χ1) is 6.33. The number of hydrogen-bond acceptors (Lipinski definition) is 4. The highest BCUT2D eigenvalue weighted by Gasteiger charge is 2.02. The van der Waals surface area contributed by atoms with E-state index in [1.165, 1.54) is 11.3 Å². The first-order valence-corrected chi connectivity index (χ1v) is 4.55. The van der Waals surface area contributed by atoms with Crippen LogP contribution >= 0.6 is 11.3 Å². The predicted molar refractivity (Wildman–Crippen MR) is 50.3 cm³/mol. The van der Waals surface area contributed by atoms with Crippen molar-refractivity contribution >= 4 is 21.6 Å². The monoisotopic (exact) mass is 190 g/mol. The topological polar surface area (TPSA) is 56.9 Å². The number of rotatable bonds is 1. The van der Waals surface area contributed by atoms with Crippen LogP contribution in [0.4, 0.5) is 0 Å². The molecule has 0 fully saturated rings. The van der Waals surface area contributed by atoms with Gasteiger partial charge in [-0.25, -0.2) is 4.98 Å². The molecule has 0 aliphatic heterocycles. The maximum absolute atomic E-state index is 8.88. The van der Waals surface area contributed by atoms with Gasteiger partial charge in [-0.05, 0) is 17.7 Å². The van der Waals surface area contributed by atoms with Crippen molar-refractivity contribution in [2.24, 2.45) is 0 Å². The van der Waals surface area contributed by atoms with E-state index in [0.717, 1.165) is 15.8 Å². The van der Waals surface area contributed by atoms with E-state index in [-0.39, 0.29) is 6.61 Å². The van der Waals surface area contributed by atoms with Crippen LogP contribution in [0.25, 0.3) is 10.2 Å². The molecule has 64 valence electrons. The second kappa shape index (κ2) is 3.13. The summed E-state index contributed by atoms with van der Waals surface area (Å²) in [6, 6.07) is 7.48. The minimum atomic E-state index is 0.0235. The van der Waals surface area contributed by atoms with Crippen molar-refractivity contribution in [1.82, 2.24) is 4.98 Å². The Morgan fingerprint density at radius 1 is 1.54 bits per heavy atom. The standard InChI is InChI=1S/C9H6N2OS/c10-4-9-11-7-2-1-6(5-12)3-8(7)13-9/h1-3,12H,5H2. The molecule has 2 rings (SSSR count). The van der Waals surface area contributed by atoms with E-state index in [1.807, 2.05) is 24.3 Å². The number of aliphatic hydroxyl groups is 1. The first kappa shape index (κ1) is 8.17. The van der Waals surface area contributed by atoms with Gasteiger partial charge in [0.25, 0.3) is 0 Å². The van der Waals surface area contributed by atoms with Gasteiger partial charge in [-0.15, -0.1) is 11.3 Å². The Kier molecular flexibility index (Phi) is 1.97. The van der Waals surface area contributed by atoms with Gasteiger partial charge in [0.2, 0.25) is 0 Å². The van der Waals surface area contributed by atoms with Crippen LogP contribution in [0.3, 0.4) is 0 Å². The minimum Gasteiger partial charge on any atom is -0.392 e. The van der Waals surface area contributed by atoms with Crippen LogP contribution < -0.4 is 0 Å². The van der Waals surface area contributed by atoms with E-state index in [0.29, 0.717) is 5.01 Å². The van der Waals surface area contributed by atoms with Gasteiger partial charge in [0.05, 0.1) is 16.8 Å². The maximum atomic E-state index is 8.88. The van der Waals surface area contributed by atoms with Gasteiger partial charge >= 0.3 is 0 Å². The molecule has 0 radical (unpaired) electrons. The molecule has 0 saturated carbocycles. The van der Waals surface area contributed by atoms with Crippen LogP contribution in [0.1, 0.15) is 10.6 Å². The van der Waals surface area contributed by atoms with Gasteiger partial charge < -0.3 is 5.11 Å². The molecular formula is C9H6N2OS. The van der Waals surface area contributed by atoms with Gasteiger partial charge in [0.1, 0.15) is 6.07 Å². The van der Waals surface area contributed by atoms with Crippen molar-refractivity contribution in [2.75, 3.05) is 0 Å². The lowest BCUT2D eigenvalue weighted by Gasteiger charge is -1.92. The molecule has 1 N–H and O–H groups in total. The summed E-state index contributed by atoms with van der Waals surface area (Å²) < 4.78 is 0.947. The van der Waals surface area contributed by atoms with E-state index in [1.54, 1.807) is 0 Å². The van der Waals surface area contributed by atoms with Crippen molar-refractivity contribution < 1.29 is 5.11 Å². The number of nitrogens with zero attached hydrogens (tertiary/aromatic N) is 2. The van der Waals surface area contributed by atoms with E-state index < -0.39 is 0 Å². The molecular weight excluding hydrogens is 184 g/mol. The molecule has 3 nitrogen and oxygen atoms in total. The Hall–Kier alpha value is -1.44. The summed E-state index contributed by atoms with van der Waals surface area (Å²) in [5, 5.41) is 18.0. The molecule has 4 heteroatoms. The number of aliphatic hydroxyl groups excluding tert-OH is 1. The average molecular weight is 190 g/mol. The Morgan fingerprint density at radius 2 is 2.38 bits per heavy atom. The highest BCUT2D eigenvalue weighted by Crippen LogP contribution is 2.22. The first-order valence-electron chi connectivity index (χ1n) is 3.74. The molecule has 1 aromatic heterocycles. The van der Waals surface area contributed by atoms with Gasteiger partial charge in [-0.2, -0.15) is 5.26 Å². The molecule has 2 aromatic rings. The molecule has 0 saturated heterocycles. The molecule has 0 aliphatic carbocycles. The van der Waals surface area contributed by atoms with Crippen LogP contribution in [-0.4, -0.2) is 10.1 Å². The maximum Gasteiger partial charge on any atom is 0.195 e. The van der Waals surface area contributed by atoms with Crippen molar-refractivity contribution in [3.8, 4) is 6.07 Å². The molecule has 0 aliphatic rings. The average Bonchev–Trinajstić information content (AvgIpc) is 2.58. The lowest BCUT2D eigenvalue weighted by Crippen LogP contribution is -1.80. The second-order valence-corrected chi connectivity index (χ2v) is 3.62. The molecule has 13 heavy (non-hydrogen) atoms. The summed E-state index contributed by atoms with van der Waals surface area (Å²) in [6.45, 7) is 0.0235. The Morgan fingerprint density at radius 3 is 3.08 bits per heavy atom. The summed E-state index contributed by atoms with van der Waals surface area (Å²) in [7, 11) is 0. The quantitative estimate of drug-likeness (QED) is 0.744. The van der Waals surface area contributed by atoms with E-state index in [4.69, 9.17) is 10.4 Å². The fraction of sp³-hybridized carbons (Fsp3) is 0.111. The fourth-order valence-electron chi connectivity index (χ4n) is 1.12. The molecule has 0 spiro atoms. The Labute approximate surface area is 78.9 Å². The number of fused-ring (bicyclic) bond motifs is 1. The van der Waals surface area contributed by atoms with Crippen molar-refractivity contribution in [3.63, 3.8) is 0 Å². The SMILES string of the molecule is N#Cc1nc2ccc(CO)cc2s1. The van der Waals surface area contributed by atoms with Gasteiger partial charge in [0, 0.05) is 0 Å². The molecule has 0 bridgehead atoms. The highest BCUT2D eigenvalue weighted by atomic mass is 32.1. The zero-order valence-corrected chi connectivity index (χ0v) is 7.51. The fourth-order valence-corrected chi connectivity index (χ4v) is 1.94. The third kappa shape index (κ3) is 1.39. The minimum absolute atomic E-state index is 0.0235. The lowest BCUT2D eigenvalue weighted by molar-refractivity contribution is 0.282. The largest absolute Gasteiger partial charge is 0.392 e. The zero-order valence-electron chi connectivity index (χ0n) is 6.69. The van der Waals surface area contributed by atoms with Crippen LogP contribution in [0.5, 0.6) is 0 Å². The summed E-state index contributed by atoms with van der Waals surface area (Å²) >= 11 is 1.34. The van der Waals surface area contributed by atoms with E-state index in [2.05, 4.69) is 4.98 Å². The summed E-state index contributed by atoms with van der Waals surface area (Å²) in [6.07, 6.45) is 0. The Bertz CT molecular complexity index is 484. The van der Waals surface area contributed by atoms with Crippen molar-refractivity contribution in [2.45, 2.75) is 6.61 Å². The number of benzene rings is 1. The molecule has 0 unspecified atom stereocenters. The molecule has 0 atom stereocenters. The van der Waals surface area contributed by atoms with E-state index >= 15 is 0 Å². The summed E-state index contributed by atoms with van der Waals surface area (Å²) in [5.74, 6) is 0. The van der Waals surface area contributed by atoms with Crippen LogP contribution in [-0.2, 0) is 6.61 Å². The third-order valence-electron chi connectivity index (χ3n) is 1.73. The predicted octanol–water partition coefficient (Wildman–Crippen LogP) is 1.66. The normalized spacial score (nSPS) is 10.2. The summed E-state index contributed by atoms with van der Waals surface area (Å²) in [4.78, 5) is 4.08. The Balaban J connectivity index is 2.65. The van der Waals surface area contributed by atoms with E-state index in [9.17, 15) is 0 Å². The second-order valence-electron chi connectivity index (χ2n) is 2.59. The number of nitriles is 1.